The van der Waals surface area contributed by atoms with E-state index < -0.39 is 40.6 Å². The first-order valence-electron chi connectivity index (χ1n) is 9.40. The van der Waals surface area contributed by atoms with E-state index in [0.29, 0.717) is 5.69 Å². The summed E-state index contributed by atoms with van der Waals surface area (Å²) in [4.78, 5) is 13.8. The number of carbonyl (C=O) groups excluding carboxylic acids is 1. The second-order valence-electron chi connectivity index (χ2n) is 6.77. The molecular weight excluding hydrogens is 462 g/mol. The Labute approximate surface area is 192 Å². The summed E-state index contributed by atoms with van der Waals surface area (Å²) < 4.78 is 64.4. The predicted octanol–water partition coefficient (Wildman–Crippen LogP) is 4.85. The molecule has 178 valence electrons. The minimum absolute atomic E-state index is 0.0184. The monoisotopic (exact) mass is 485 g/mol. The normalized spacial score (nSPS) is 13.1. The van der Waals surface area contributed by atoms with E-state index in [1.54, 1.807) is 24.3 Å². The summed E-state index contributed by atoms with van der Waals surface area (Å²) in [6.45, 7) is 2.36. The van der Waals surface area contributed by atoms with Gasteiger partial charge in [-0.25, -0.2) is 4.39 Å². The van der Waals surface area contributed by atoms with Gasteiger partial charge >= 0.3 is 6.18 Å². The number of hydrogen-bond donors (Lipinski definition) is 3. The van der Waals surface area contributed by atoms with Gasteiger partial charge < -0.3 is 26.3 Å². The molecule has 0 saturated heterocycles. The first kappa shape index (κ1) is 25.9. The number of allylic oxidation sites excluding steroid dienone is 1. The summed E-state index contributed by atoms with van der Waals surface area (Å²) in [5.74, 6) is -2.59. The zero-order valence-electron chi connectivity index (χ0n) is 18.3. The van der Waals surface area contributed by atoms with Gasteiger partial charge in [-0.2, -0.15) is 13.2 Å². The quantitative estimate of drug-likeness (QED) is 0.171. The summed E-state index contributed by atoms with van der Waals surface area (Å²) in [7, 11) is 1.27. The van der Waals surface area contributed by atoms with Crippen LogP contribution in [-0.2, 0) is 4.79 Å². The van der Waals surface area contributed by atoms with Crippen molar-refractivity contribution < 1.29 is 31.8 Å². The number of hydrogen-bond acceptors (Lipinski definition) is 6. The minimum Gasteiger partial charge on any atom is -0.494 e. The fourth-order valence-electron chi connectivity index (χ4n) is 2.79. The molecule has 2 aromatic carbocycles. The summed E-state index contributed by atoms with van der Waals surface area (Å²) in [5.41, 5.74) is 8.65. The van der Waals surface area contributed by atoms with Crippen LogP contribution in [0.25, 0.3) is 0 Å². The molecule has 0 aliphatic heterocycles. The van der Waals surface area contributed by atoms with Crippen molar-refractivity contribution in [3.05, 3.63) is 70.5 Å². The molecule has 6 nitrogen and oxygen atoms in total. The Bertz CT molecular complexity index is 1110. The van der Waals surface area contributed by atoms with Crippen LogP contribution in [0.4, 0.5) is 23.2 Å². The van der Waals surface area contributed by atoms with Crippen molar-refractivity contribution in [2.45, 2.75) is 24.9 Å². The van der Waals surface area contributed by atoms with Gasteiger partial charge in [0.05, 0.1) is 7.11 Å². The van der Waals surface area contributed by atoms with Gasteiger partial charge in [0.2, 0.25) is 5.88 Å². The summed E-state index contributed by atoms with van der Waals surface area (Å²) in [6.07, 6.45) is -3.10. The van der Waals surface area contributed by atoms with Crippen LogP contribution in [0, 0.1) is 12.7 Å². The molecule has 33 heavy (non-hydrogen) atoms. The maximum Gasteiger partial charge on any atom is 0.431 e. The summed E-state index contributed by atoms with van der Waals surface area (Å²) in [5, 5.41) is 2.49. The molecule has 11 heteroatoms. The second kappa shape index (κ2) is 10.5. The molecule has 0 atom stereocenters. The van der Waals surface area contributed by atoms with Crippen LogP contribution in [0.1, 0.15) is 12.5 Å². The highest BCUT2D eigenvalue weighted by atomic mass is 32.2. The van der Waals surface area contributed by atoms with Crippen LogP contribution >= 0.6 is 11.8 Å². The summed E-state index contributed by atoms with van der Waals surface area (Å²) >= 11 is 1.41. The Hall–Kier alpha value is -3.34. The number of carbonyl (C=O) groups is 1. The van der Waals surface area contributed by atoms with E-state index in [0.717, 1.165) is 11.8 Å². The number of nitrogens with two attached hydrogens (primary N) is 2. The van der Waals surface area contributed by atoms with E-state index in [4.69, 9.17) is 20.9 Å². The number of nitrogens with one attached hydrogen (secondary N) is 1. The largest absolute Gasteiger partial charge is 0.494 e. The topological polar surface area (TPSA) is 99.6 Å². The van der Waals surface area contributed by atoms with Gasteiger partial charge in [-0.05, 0) is 56.0 Å². The number of halogens is 4. The number of alkyl halides is 3. The molecule has 0 bridgehead atoms. The number of ether oxygens (including phenoxy) is 2. The Morgan fingerprint density at radius 1 is 1.12 bits per heavy atom. The average Bonchev–Trinajstić information content (AvgIpc) is 2.76. The zero-order valence-corrected chi connectivity index (χ0v) is 19.1. The van der Waals surface area contributed by atoms with Crippen molar-refractivity contribution >= 4 is 23.4 Å². The number of rotatable bonds is 7. The highest BCUT2D eigenvalue weighted by molar-refractivity contribution is 7.98. The van der Waals surface area contributed by atoms with Crippen molar-refractivity contribution in [2.24, 2.45) is 11.5 Å². The van der Waals surface area contributed by atoms with Gasteiger partial charge in [-0.1, -0.05) is 6.07 Å². The van der Waals surface area contributed by atoms with E-state index in [2.05, 4.69) is 5.32 Å². The minimum atomic E-state index is -4.92. The zero-order chi connectivity index (χ0) is 24.9. The van der Waals surface area contributed by atoms with Crippen molar-refractivity contribution in [1.82, 2.24) is 0 Å². The maximum atomic E-state index is 14.4. The Morgan fingerprint density at radius 2 is 1.76 bits per heavy atom. The van der Waals surface area contributed by atoms with Crippen LogP contribution in [0.2, 0.25) is 0 Å². The average molecular weight is 486 g/mol. The van der Waals surface area contributed by atoms with E-state index in [9.17, 15) is 22.4 Å². The van der Waals surface area contributed by atoms with Gasteiger partial charge in [-0.15, -0.1) is 11.8 Å². The van der Waals surface area contributed by atoms with Gasteiger partial charge in [0, 0.05) is 16.1 Å². The van der Waals surface area contributed by atoms with Crippen LogP contribution < -0.4 is 26.3 Å². The molecule has 0 fully saturated rings. The van der Waals surface area contributed by atoms with E-state index in [1.807, 2.05) is 6.26 Å². The fraction of sp³-hybridized carbons (Fsp3) is 0.227. The van der Waals surface area contributed by atoms with Crippen molar-refractivity contribution in [2.75, 3.05) is 18.7 Å². The molecule has 1 amide bonds. The molecule has 0 spiro atoms. The molecule has 0 radical (unpaired) electrons. The maximum absolute atomic E-state index is 14.4. The molecule has 2 aromatic rings. The fourth-order valence-corrected chi connectivity index (χ4v) is 3.25. The number of anilines is 1. The Morgan fingerprint density at radius 3 is 2.33 bits per heavy atom. The number of benzene rings is 2. The predicted molar refractivity (Wildman–Crippen MR) is 119 cm³/mol. The third kappa shape index (κ3) is 6.13. The molecule has 0 heterocycles. The number of amides is 1. The van der Waals surface area contributed by atoms with Gasteiger partial charge in [-0.3, -0.25) is 4.79 Å². The lowest BCUT2D eigenvalue weighted by Crippen LogP contribution is -2.27. The molecule has 0 aromatic heterocycles. The van der Waals surface area contributed by atoms with Crippen LogP contribution in [-0.4, -0.2) is 25.4 Å². The highest BCUT2D eigenvalue weighted by Crippen LogP contribution is 2.32. The lowest BCUT2D eigenvalue weighted by Gasteiger charge is -2.18. The lowest BCUT2D eigenvalue weighted by atomic mass is 10.0. The van der Waals surface area contributed by atoms with Crippen LogP contribution in [0.5, 0.6) is 11.5 Å². The number of thioether (sulfide) groups is 1. The first-order chi connectivity index (χ1) is 15.4. The summed E-state index contributed by atoms with van der Waals surface area (Å²) in [6, 6.07) is 9.22. The molecule has 0 aliphatic rings. The van der Waals surface area contributed by atoms with Crippen molar-refractivity contribution in [1.29, 1.82) is 0 Å². The Balaban J connectivity index is 2.57. The van der Waals surface area contributed by atoms with E-state index in [-0.39, 0.29) is 17.1 Å². The van der Waals surface area contributed by atoms with Gasteiger partial charge in [0.1, 0.15) is 17.0 Å². The lowest BCUT2D eigenvalue weighted by molar-refractivity contribution is -0.112. The third-order valence-corrected chi connectivity index (χ3v) is 5.35. The van der Waals surface area contributed by atoms with Gasteiger partial charge in [0.25, 0.3) is 5.91 Å². The standard InChI is InChI=1S/C22H23F4N3O3S/c1-11-15(8-9-16(31-3)18(11)23)32-20(28)17(12(2)19(27)22(24,25)26)21(30)29-13-6-5-7-14(10-13)33-4/h5-10H,27-28H2,1-4H3,(H,29,30)/b19-12-,20-17-. The molecule has 5 N–H and O–H groups in total. The SMILES string of the molecule is COc1ccc(O/C(N)=C(C(=O)Nc2cccc(SC)c2)/C(C)=C(\N)C(F)(F)F)c(C)c1F. The molecular formula is C22H23F4N3O3S. The van der Waals surface area contributed by atoms with Gasteiger partial charge in [0.15, 0.2) is 11.6 Å². The molecule has 0 unspecified atom stereocenters. The third-order valence-electron chi connectivity index (χ3n) is 4.63. The smallest absolute Gasteiger partial charge is 0.431 e. The van der Waals surface area contributed by atoms with Crippen LogP contribution in [0.15, 0.2) is 64.0 Å². The highest BCUT2D eigenvalue weighted by Gasteiger charge is 2.36. The first-order valence-corrected chi connectivity index (χ1v) is 10.6. The molecule has 0 aliphatic carbocycles. The van der Waals surface area contributed by atoms with E-state index in [1.165, 1.54) is 37.9 Å². The van der Waals surface area contributed by atoms with Crippen molar-refractivity contribution in [3.63, 3.8) is 0 Å². The molecule has 2 rings (SSSR count). The van der Waals surface area contributed by atoms with Crippen LogP contribution in [0.3, 0.4) is 0 Å². The number of methoxy groups -OCH3 is 1. The van der Waals surface area contributed by atoms with Crippen molar-refractivity contribution in [3.8, 4) is 11.5 Å². The second-order valence-corrected chi connectivity index (χ2v) is 7.65. The molecule has 0 saturated carbocycles. The van der Waals surface area contributed by atoms with E-state index >= 15 is 0 Å². The Kier molecular flexibility index (Phi) is 8.26.